The quantitative estimate of drug-likeness (QED) is 0.0262. The number of hydrogen-bond acceptors (Lipinski definition) is 6. The van der Waals surface area contributed by atoms with Crippen LogP contribution in [0.1, 0.15) is 226 Å². The van der Waals surface area contributed by atoms with Gasteiger partial charge >= 0.3 is 17.9 Å². The predicted octanol–water partition coefficient (Wildman–Crippen LogP) is 18.1. The van der Waals surface area contributed by atoms with Crippen molar-refractivity contribution in [2.45, 2.75) is 232 Å². The summed E-state index contributed by atoms with van der Waals surface area (Å²) in [6.07, 6.45) is 74.8. The Morgan fingerprint density at radius 2 is 0.612 bits per heavy atom. The van der Waals surface area contributed by atoms with E-state index in [1.165, 1.54) is 51.4 Å². The van der Waals surface area contributed by atoms with E-state index in [2.05, 4.69) is 130 Å². The van der Waals surface area contributed by atoms with Crippen molar-refractivity contribution < 1.29 is 28.6 Å². The molecule has 0 saturated heterocycles. The van der Waals surface area contributed by atoms with Crippen LogP contribution < -0.4 is 0 Å². The molecule has 0 radical (unpaired) electrons. The Balaban J connectivity index is 4.56. The van der Waals surface area contributed by atoms with Crippen molar-refractivity contribution in [1.29, 1.82) is 0 Å². The molecule has 1 unspecified atom stereocenters. The Bertz CT molecular complexity index is 1440. The standard InChI is InChI=1S/C61H98O6/c1-4-7-10-13-16-19-22-25-28-29-30-31-34-36-39-42-45-48-51-54-60(63)66-57-58(67-61(64)55-52-49-46-43-40-37-33-27-24-21-18-15-12-9-6-3)56-65-59(62)53-50-47-44-41-38-35-32-26-23-20-17-14-11-8-5-2/h7,9-10,12,16,18-19,21,25-28,30-33,36,39,45,48,58H,4-6,8,11,13-15,17,20,22-24,29,34-35,37-38,40-44,46-47,49-57H2,1-3H3/b10-7-,12-9-,19-16-,21-18-,28-25-,31-30-,32-26-,33-27-,39-36-,48-45-. The fourth-order valence-electron chi connectivity index (χ4n) is 6.95. The molecule has 0 aliphatic carbocycles. The summed E-state index contributed by atoms with van der Waals surface area (Å²) in [5, 5.41) is 0. The highest BCUT2D eigenvalue weighted by molar-refractivity contribution is 5.71. The molecule has 0 aromatic rings. The van der Waals surface area contributed by atoms with E-state index in [4.69, 9.17) is 14.2 Å². The molecule has 6 nitrogen and oxygen atoms in total. The van der Waals surface area contributed by atoms with E-state index in [0.717, 1.165) is 128 Å². The van der Waals surface area contributed by atoms with Gasteiger partial charge in [0.25, 0.3) is 0 Å². The van der Waals surface area contributed by atoms with E-state index in [-0.39, 0.29) is 44.0 Å². The smallest absolute Gasteiger partial charge is 0.306 e. The SMILES string of the molecule is CC/C=C\C/C=C\C/C=C\C/C=C\C/C=C\C/C=C\CCC(=O)OCC(COC(=O)CCCCCCC/C=C\CCCCCCCC)OC(=O)CCCCCCC/C=C\C/C=C\C/C=C\CC. The number of hydrogen-bond donors (Lipinski definition) is 0. The summed E-state index contributed by atoms with van der Waals surface area (Å²) in [4.78, 5) is 38.0. The molecule has 0 fully saturated rings. The minimum absolute atomic E-state index is 0.116. The van der Waals surface area contributed by atoms with Gasteiger partial charge < -0.3 is 14.2 Å². The number of allylic oxidation sites excluding steroid dienone is 20. The van der Waals surface area contributed by atoms with Crippen LogP contribution in [0.15, 0.2) is 122 Å². The first-order valence-corrected chi connectivity index (χ1v) is 27.0. The summed E-state index contributed by atoms with van der Waals surface area (Å²) in [7, 11) is 0. The number of carbonyl (C=O) groups is 3. The first-order valence-electron chi connectivity index (χ1n) is 27.0. The highest BCUT2D eigenvalue weighted by atomic mass is 16.6. The van der Waals surface area contributed by atoms with Crippen LogP contribution in [0.2, 0.25) is 0 Å². The van der Waals surface area contributed by atoms with Gasteiger partial charge in [0.1, 0.15) is 13.2 Å². The second-order valence-corrected chi connectivity index (χ2v) is 17.4. The van der Waals surface area contributed by atoms with Crippen molar-refractivity contribution in [1.82, 2.24) is 0 Å². The molecular weight excluding hydrogens is 829 g/mol. The summed E-state index contributed by atoms with van der Waals surface area (Å²) < 4.78 is 16.7. The Hall–Kier alpha value is -4.19. The number of esters is 3. The molecule has 0 aromatic heterocycles. The molecule has 0 aliphatic rings. The first-order chi connectivity index (χ1) is 33.0. The highest BCUT2D eigenvalue weighted by Crippen LogP contribution is 2.13. The summed E-state index contributed by atoms with van der Waals surface area (Å²) in [5.41, 5.74) is 0. The molecule has 1 atom stereocenters. The van der Waals surface area contributed by atoms with Crippen molar-refractivity contribution in [2.24, 2.45) is 0 Å². The molecule has 0 aliphatic heterocycles. The lowest BCUT2D eigenvalue weighted by Gasteiger charge is -2.18. The predicted molar refractivity (Wildman–Crippen MR) is 288 cm³/mol. The van der Waals surface area contributed by atoms with Crippen LogP contribution in [0.4, 0.5) is 0 Å². The Morgan fingerprint density at radius 3 is 1.01 bits per heavy atom. The maximum atomic E-state index is 12.8. The van der Waals surface area contributed by atoms with Gasteiger partial charge in [-0.3, -0.25) is 14.4 Å². The topological polar surface area (TPSA) is 78.9 Å². The zero-order valence-electron chi connectivity index (χ0n) is 43.1. The molecule has 67 heavy (non-hydrogen) atoms. The average Bonchev–Trinajstić information content (AvgIpc) is 3.33. The molecule has 0 heterocycles. The minimum atomic E-state index is -0.824. The molecular formula is C61H98O6. The van der Waals surface area contributed by atoms with Crippen molar-refractivity contribution in [3.05, 3.63) is 122 Å². The molecule has 0 aromatic carbocycles. The number of carbonyl (C=O) groups excluding carboxylic acids is 3. The van der Waals surface area contributed by atoms with Gasteiger partial charge in [0.2, 0.25) is 0 Å². The van der Waals surface area contributed by atoms with Gasteiger partial charge in [-0.1, -0.05) is 213 Å². The van der Waals surface area contributed by atoms with E-state index in [1.54, 1.807) is 0 Å². The maximum absolute atomic E-state index is 12.8. The third kappa shape index (κ3) is 52.6. The van der Waals surface area contributed by atoms with Crippen molar-refractivity contribution in [3.8, 4) is 0 Å². The van der Waals surface area contributed by atoms with Gasteiger partial charge in [-0.25, -0.2) is 0 Å². The molecule has 6 heteroatoms. The highest BCUT2D eigenvalue weighted by Gasteiger charge is 2.19. The number of ether oxygens (including phenoxy) is 3. The number of unbranched alkanes of at least 4 members (excludes halogenated alkanes) is 16. The second-order valence-electron chi connectivity index (χ2n) is 17.4. The van der Waals surface area contributed by atoms with Gasteiger partial charge in [-0.2, -0.15) is 0 Å². The molecule has 378 valence electrons. The molecule has 0 bridgehead atoms. The van der Waals surface area contributed by atoms with Crippen LogP contribution in [0.3, 0.4) is 0 Å². The summed E-state index contributed by atoms with van der Waals surface area (Å²) in [6, 6.07) is 0. The fourth-order valence-corrected chi connectivity index (χ4v) is 6.95. The zero-order valence-corrected chi connectivity index (χ0v) is 43.1. The average molecular weight is 927 g/mol. The summed E-state index contributed by atoms with van der Waals surface area (Å²) >= 11 is 0. The Morgan fingerprint density at radius 1 is 0.313 bits per heavy atom. The van der Waals surface area contributed by atoms with E-state index in [1.807, 2.05) is 12.2 Å². The maximum Gasteiger partial charge on any atom is 0.306 e. The molecule has 0 spiro atoms. The van der Waals surface area contributed by atoms with E-state index >= 15 is 0 Å². The first kappa shape index (κ1) is 62.8. The summed E-state index contributed by atoms with van der Waals surface area (Å²) in [6.45, 7) is 6.31. The van der Waals surface area contributed by atoms with Crippen LogP contribution in [-0.4, -0.2) is 37.2 Å². The molecule has 0 rings (SSSR count). The van der Waals surface area contributed by atoms with Crippen LogP contribution in [0, 0.1) is 0 Å². The molecule has 0 N–H and O–H groups in total. The van der Waals surface area contributed by atoms with Crippen molar-refractivity contribution >= 4 is 17.9 Å². The van der Waals surface area contributed by atoms with Crippen LogP contribution >= 0.6 is 0 Å². The van der Waals surface area contributed by atoms with Crippen molar-refractivity contribution in [2.75, 3.05) is 13.2 Å². The molecule has 0 amide bonds. The van der Waals surface area contributed by atoms with Crippen molar-refractivity contribution in [3.63, 3.8) is 0 Å². The Labute approximate surface area is 412 Å². The number of rotatable bonds is 47. The largest absolute Gasteiger partial charge is 0.462 e. The van der Waals surface area contributed by atoms with Gasteiger partial charge in [0.05, 0.1) is 0 Å². The van der Waals surface area contributed by atoms with Gasteiger partial charge in [-0.05, 0) is 116 Å². The summed E-state index contributed by atoms with van der Waals surface area (Å²) in [5.74, 6) is -1.03. The Kier molecular flexibility index (Phi) is 51.0. The van der Waals surface area contributed by atoms with Gasteiger partial charge in [0, 0.05) is 19.3 Å². The lowest BCUT2D eigenvalue weighted by Crippen LogP contribution is -2.30. The second kappa shape index (κ2) is 54.4. The molecule has 0 saturated carbocycles. The fraction of sp³-hybridized carbons (Fsp3) is 0.623. The van der Waals surface area contributed by atoms with Gasteiger partial charge in [0.15, 0.2) is 6.10 Å². The zero-order chi connectivity index (χ0) is 48.6. The normalized spacial score (nSPS) is 13.1. The van der Waals surface area contributed by atoms with Crippen LogP contribution in [0.25, 0.3) is 0 Å². The van der Waals surface area contributed by atoms with Gasteiger partial charge in [-0.15, -0.1) is 0 Å². The van der Waals surface area contributed by atoms with E-state index in [0.29, 0.717) is 12.8 Å². The lowest BCUT2D eigenvalue weighted by molar-refractivity contribution is -0.166. The van der Waals surface area contributed by atoms with Crippen LogP contribution in [0.5, 0.6) is 0 Å². The van der Waals surface area contributed by atoms with Crippen LogP contribution in [-0.2, 0) is 28.6 Å². The minimum Gasteiger partial charge on any atom is -0.462 e. The van der Waals surface area contributed by atoms with E-state index in [9.17, 15) is 14.4 Å². The van der Waals surface area contributed by atoms with E-state index < -0.39 is 6.10 Å². The monoisotopic (exact) mass is 927 g/mol. The third-order valence-electron chi connectivity index (χ3n) is 10.9. The lowest BCUT2D eigenvalue weighted by atomic mass is 10.1. The third-order valence-corrected chi connectivity index (χ3v) is 10.9.